The van der Waals surface area contributed by atoms with E-state index in [1.807, 2.05) is 10.9 Å². The molecule has 0 bridgehead atoms. The van der Waals surface area contributed by atoms with Crippen molar-refractivity contribution >= 4 is 0 Å². The first-order valence-corrected chi connectivity index (χ1v) is 7.11. The average Bonchev–Trinajstić information content (AvgIpc) is 2.87. The summed E-state index contributed by atoms with van der Waals surface area (Å²) in [7, 11) is 0. The van der Waals surface area contributed by atoms with Crippen LogP contribution in [-0.4, -0.2) is 22.9 Å². The SMILES string of the molecule is CCCNCCCc1cnn(-c2cccc(C)c2)c1. The van der Waals surface area contributed by atoms with Gasteiger partial charge in [0.25, 0.3) is 0 Å². The van der Waals surface area contributed by atoms with Crippen LogP contribution in [0.2, 0.25) is 0 Å². The highest BCUT2D eigenvalue weighted by Crippen LogP contribution is 2.11. The first kappa shape index (κ1) is 13.8. The minimum Gasteiger partial charge on any atom is -0.317 e. The van der Waals surface area contributed by atoms with E-state index >= 15 is 0 Å². The molecule has 0 atom stereocenters. The van der Waals surface area contributed by atoms with E-state index in [-0.39, 0.29) is 0 Å². The number of hydrogen-bond acceptors (Lipinski definition) is 2. The van der Waals surface area contributed by atoms with E-state index in [4.69, 9.17) is 0 Å². The summed E-state index contributed by atoms with van der Waals surface area (Å²) in [5.74, 6) is 0. The van der Waals surface area contributed by atoms with Crippen LogP contribution in [0.4, 0.5) is 0 Å². The molecule has 2 aromatic rings. The van der Waals surface area contributed by atoms with Crippen LogP contribution in [0, 0.1) is 6.92 Å². The Morgan fingerprint density at radius 2 is 2.16 bits per heavy atom. The van der Waals surface area contributed by atoms with E-state index in [2.05, 4.69) is 54.7 Å². The third-order valence-electron chi connectivity index (χ3n) is 3.15. The van der Waals surface area contributed by atoms with Crippen LogP contribution in [0.15, 0.2) is 36.7 Å². The molecule has 102 valence electrons. The Kier molecular flexibility index (Phi) is 5.16. The molecule has 2 rings (SSSR count). The normalized spacial score (nSPS) is 10.8. The molecule has 1 N–H and O–H groups in total. The topological polar surface area (TPSA) is 29.9 Å². The third kappa shape index (κ3) is 4.21. The van der Waals surface area contributed by atoms with Crippen molar-refractivity contribution in [2.75, 3.05) is 13.1 Å². The van der Waals surface area contributed by atoms with E-state index in [1.165, 1.54) is 24.0 Å². The average molecular weight is 257 g/mol. The number of aromatic nitrogens is 2. The molecule has 0 spiro atoms. The molecule has 3 heteroatoms. The highest BCUT2D eigenvalue weighted by Gasteiger charge is 2.01. The second-order valence-corrected chi connectivity index (χ2v) is 4.99. The van der Waals surface area contributed by atoms with Gasteiger partial charge in [0.05, 0.1) is 11.9 Å². The van der Waals surface area contributed by atoms with Crippen molar-refractivity contribution in [2.24, 2.45) is 0 Å². The minimum absolute atomic E-state index is 1.09. The smallest absolute Gasteiger partial charge is 0.0648 e. The van der Waals surface area contributed by atoms with Gasteiger partial charge in [0, 0.05) is 6.20 Å². The number of hydrogen-bond donors (Lipinski definition) is 1. The van der Waals surface area contributed by atoms with Crippen molar-refractivity contribution in [2.45, 2.75) is 33.1 Å². The molecular weight excluding hydrogens is 234 g/mol. The number of benzene rings is 1. The summed E-state index contributed by atoms with van der Waals surface area (Å²) in [6, 6.07) is 8.42. The number of rotatable bonds is 7. The van der Waals surface area contributed by atoms with Gasteiger partial charge in [-0.15, -0.1) is 0 Å². The van der Waals surface area contributed by atoms with Gasteiger partial charge in [-0.25, -0.2) is 4.68 Å². The molecule has 0 unspecified atom stereocenters. The zero-order valence-electron chi connectivity index (χ0n) is 11.9. The first-order valence-electron chi connectivity index (χ1n) is 7.11. The molecule has 0 amide bonds. The van der Waals surface area contributed by atoms with Crippen LogP contribution in [0.25, 0.3) is 5.69 Å². The van der Waals surface area contributed by atoms with Gasteiger partial charge in [-0.05, 0) is 62.5 Å². The van der Waals surface area contributed by atoms with Gasteiger partial charge >= 0.3 is 0 Å². The molecule has 1 heterocycles. The standard InChI is InChI=1S/C16H23N3/c1-3-9-17-10-5-7-15-12-18-19(13-15)16-8-4-6-14(2)11-16/h4,6,8,11-13,17H,3,5,7,9-10H2,1-2H3. The van der Waals surface area contributed by atoms with Crippen LogP contribution < -0.4 is 5.32 Å². The number of nitrogens with one attached hydrogen (secondary N) is 1. The van der Waals surface area contributed by atoms with Gasteiger partial charge in [0.15, 0.2) is 0 Å². The second kappa shape index (κ2) is 7.10. The predicted octanol–water partition coefficient (Wildman–Crippen LogP) is 3.11. The lowest BCUT2D eigenvalue weighted by atomic mass is 10.2. The van der Waals surface area contributed by atoms with Crippen molar-refractivity contribution in [1.82, 2.24) is 15.1 Å². The summed E-state index contributed by atoms with van der Waals surface area (Å²) in [4.78, 5) is 0. The highest BCUT2D eigenvalue weighted by molar-refractivity contribution is 5.35. The fraction of sp³-hybridized carbons (Fsp3) is 0.438. The Morgan fingerprint density at radius 3 is 2.95 bits per heavy atom. The first-order chi connectivity index (χ1) is 9.29. The predicted molar refractivity (Wildman–Crippen MR) is 79.8 cm³/mol. The summed E-state index contributed by atoms with van der Waals surface area (Å²) in [5, 5.41) is 7.86. The zero-order chi connectivity index (χ0) is 13.5. The van der Waals surface area contributed by atoms with Crippen LogP contribution in [0.1, 0.15) is 30.9 Å². The fourth-order valence-electron chi connectivity index (χ4n) is 2.12. The Balaban J connectivity index is 1.88. The maximum absolute atomic E-state index is 4.44. The fourth-order valence-corrected chi connectivity index (χ4v) is 2.12. The Hall–Kier alpha value is -1.61. The lowest BCUT2D eigenvalue weighted by Crippen LogP contribution is -2.16. The van der Waals surface area contributed by atoms with Crippen LogP contribution >= 0.6 is 0 Å². The summed E-state index contributed by atoms with van der Waals surface area (Å²) >= 11 is 0. The van der Waals surface area contributed by atoms with Crippen LogP contribution in [0.3, 0.4) is 0 Å². The van der Waals surface area contributed by atoms with Gasteiger partial charge < -0.3 is 5.32 Å². The zero-order valence-corrected chi connectivity index (χ0v) is 11.9. The van der Waals surface area contributed by atoms with Crippen molar-refractivity contribution in [1.29, 1.82) is 0 Å². The Morgan fingerprint density at radius 1 is 1.26 bits per heavy atom. The van der Waals surface area contributed by atoms with E-state index in [0.717, 1.165) is 25.2 Å². The molecule has 19 heavy (non-hydrogen) atoms. The van der Waals surface area contributed by atoms with E-state index in [1.54, 1.807) is 0 Å². The summed E-state index contributed by atoms with van der Waals surface area (Å²) < 4.78 is 1.96. The van der Waals surface area contributed by atoms with Crippen molar-refractivity contribution in [3.8, 4) is 5.69 Å². The maximum Gasteiger partial charge on any atom is 0.0648 e. The lowest BCUT2D eigenvalue weighted by Gasteiger charge is -2.02. The van der Waals surface area contributed by atoms with E-state index in [0.29, 0.717) is 0 Å². The van der Waals surface area contributed by atoms with Crippen molar-refractivity contribution in [3.05, 3.63) is 47.8 Å². The second-order valence-electron chi connectivity index (χ2n) is 4.99. The summed E-state index contributed by atoms with van der Waals surface area (Å²) in [6.45, 7) is 6.50. The largest absolute Gasteiger partial charge is 0.317 e. The molecule has 0 fully saturated rings. The monoisotopic (exact) mass is 257 g/mol. The van der Waals surface area contributed by atoms with Crippen molar-refractivity contribution < 1.29 is 0 Å². The molecule has 0 aliphatic rings. The highest BCUT2D eigenvalue weighted by atomic mass is 15.3. The molecular formula is C16H23N3. The van der Waals surface area contributed by atoms with Gasteiger partial charge in [-0.3, -0.25) is 0 Å². The minimum atomic E-state index is 1.09. The molecule has 0 aliphatic carbocycles. The van der Waals surface area contributed by atoms with E-state index in [9.17, 15) is 0 Å². The van der Waals surface area contributed by atoms with E-state index < -0.39 is 0 Å². The molecule has 1 aromatic heterocycles. The van der Waals surface area contributed by atoms with Gasteiger partial charge in [-0.2, -0.15) is 5.10 Å². The Bertz CT molecular complexity index is 502. The van der Waals surface area contributed by atoms with Crippen LogP contribution in [0.5, 0.6) is 0 Å². The summed E-state index contributed by atoms with van der Waals surface area (Å²) in [5.41, 5.74) is 3.70. The molecule has 0 radical (unpaired) electrons. The van der Waals surface area contributed by atoms with Gasteiger partial charge in [0.1, 0.15) is 0 Å². The Labute approximate surface area is 115 Å². The quantitative estimate of drug-likeness (QED) is 0.772. The third-order valence-corrected chi connectivity index (χ3v) is 3.15. The maximum atomic E-state index is 4.44. The molecule has 0 aliphatic heterocycles. The molecule has 1 aromatic carbocycles. The van der Waals surface area contributed by atoms with Gasteiger partial charge in [0.2, 0.25) is 0 Å². The van der Waals surface area contributed by atoms with Crippen LogP contribution in [-0.2, 0) is 6.42 Å². The lowest BCUT2D eigenvalue weighted by molar-refractivity contribution is 0.640. The molecule has 0 saturated heterocycles. The van der Waals surface area contributed by atoms with Crippen molar-refractivity contribution in [3.63, 3.8) is 0 Å². The molecule has 3 nitrogen and oxygen atoms in total. The number of aryl methyl sites for hydroxylation is 2. The van der Waals surface area contributed by atoms with Gasteiger partial charge in [-0.1, -0.05) is 19.1 Å². The number of nitrogens with zero attached hydrogens (tertiary/aromatic N) is 2. The summed E-state index contributed by atoms with van der Waals surface area (Å²) in [6.07, 6.45) is 7.56. The molecule has 0 saturated carbocycles.